The van der Waals surface area contributed by atoms with Gasteiger partial charge in [0.05, 0.1) is 17.4 Å². The van der Waals surface area contributed by atoms with E-state index in [-0.39, 0.29) is 11.9 Å². The van der Waals surface area contributed by atoms with Crippen LogP contribution < -0.4 is 5.32 Å². The third kappa shape index (κ3) is 4.10. The Hall–Kier alpha value is -2.15. The van der Waals surface area contributed by atoms with Crippen molar-refractivity contribution in [2.45, 2.75) is 51.7 Å². The van der Waals surface area contributed by atoms with Crippen molar-refractivity contribution < 1.29 is 9.32 Å². The fraction of sp³-hybridized carbons (Fsp3) is 0.611. The summed E-state index contributed by atoms with van der Waals surface area (Å²) in [7, 11) is 0. The number of rotatable bonds is 7. The molecule has 2 aromatic rings. The van der Waals surface area contributed by atoms with E-state index in [2.05, 4.69) is 31.2 Å². The van der Waals surface area contributed by atoms with Crippen LogP contribution in [0.3, 0.4) is 0 Å². The monoisotopic (exact) mass is 343 g/mol. The van der Waals surface area contributed by atoms with Crippen molar-refractivity contribution in [1.82, 2.24) is 25.2 Å². The van der Waals surface area contributed by atoms with Gasteiger partial charge >= 0.3 is 0 Å². The van der Waals surface area contributed by atoms with Crippen LogP contribution in [0.5, 0.6) is 0 Å². The first-order valence-electron chi connectivity index (χ1n) is 9.11. The molecule has 1 atom stereocenters. The number of nitrogens with one attached hydrogen (secondary N) is 1. The van der Waals surface area contributed by atoms with Crippen LogP contribution in [-0.2, 0) is 17.9 Å². The zero-order valence-electron chi connectivity index (χ0n) is 14.6. The lowest BCUT2D eigenvalue weighted by atomic mass is 10.1. The molecule has 0 bridgehead atoms. The zero-order valence-corrected chi connectivity index (χ0v) is 14.6. The van der Waals surface area contributed by atoms with Gasteiger partial charge in [-0.05, 0) is 38.2 Å². The van der Waals surface area contributed by atoms with Gasteiger partial charge in [-0.1, -0.05) is 5.16 Å². The highest BCUT2D eigenvalue weighted by Crippen LogP contribution is 2.32. The number of nitrogens with zero attached hydrogens (tertiary/aromatic N) is 4. The Morgan fingerprint density at radius 1 is 1.44 bits per heavy atom. The second-order valence-electron chi connectivity index (χ2n) is 7.31. The standard InChI is InChI=1S/C18H25N5O2/c1-13-8-15(21-25-13)10-22-11-16(23-17(12-22)5-7-20-23)4-6-19-18(24)9-14-2-3-14/h5,7-8,14,16H,2-4,6,9-12H2,1H3,(H,19,24)/t16-/m1/s1. The van der Waals surface area contributed by atoms with E-state index in [1.807, 2.05) is 19.2 Å². The predicted octanol–water partition coefficient (Wildman–Crippen LogP) is 2.04. The van der Waals surface area contributed by atoms with Gasteiger partial charge < -0.3 is 9.84 Å². The molecule has 0 unspecified atom stereocenters. The molecule has 1 aliphatic carbocycles. The lowest BCUT2D eigenvalue weighted by Crippen LogP contribution is -2.39. The van der Waals surface area contributed by atoms with Gasteiger partial charge in [0.15, 0.2) is 0 Å². The van der Waals surface area contributed by atoms with Crippen LogP contribution in [0.25, 0.3) is 0 Å². The van der Waals surface area contributed by atoms with Gasteiger partial charge in [0, 0.05) is 44.9 Å². The molecule has 0 aromatic carbocycles. The molecule has 1 aliphatic heterocycles. The van der Waals surface area contributed by atoms with Crippen molar-refractivity contribution in [3.63, 3.8) is 0 Å². The molecule has 0 spiro atoms. The second kappa shape index (κ2) is 7.00. The third-order valence-corrected chi connectivity index (χ3v) is 4.99. The largest absolute Gasteiger partial charge is 0.361 e. The smallest absolute Gasteiger partial charge is 0.220 e. The Bertz CT molecular complexity index is 733. The van der Waals surface area contributed by atoms with Crippen molar-refractivity contribution in [1.29, 1.82) is 0 Å². The van der Waals surface area contributed by atoms with Gasteiger partial charge in [-0.3, -0.25) is 14.4 Å². The van der Waals surface area contributed by atoms with E-state index in [1.54, 1.807) is 0 Å². The molecule has 2 aliphatic rings. The van der Waals surface area contributed by atoms with Crippen molar-refractivity contribution in [3.8, 4) is 0 Å². The number of carbonyl (C=O) groups excluding carboxylic acids is 1. The molecule has 1 saturated carbocycles. The number of fused-ring (bicyclic) bond motifs is 1. The van der Waals surface area contributed by atoms with E-state index < -0.39 is 0 Å². The Balaban J connectivity index is 1.34. The van der Waals surface area contributed by atoms with Crippen LogP contribution in [0.1, 0.15) is 48.9 Å². The van der Waals surface area contributed by atoms with E-state index in [0.717, 1.165) is 37.5 Å². The minimum atomic E-state index is 0.189. The summed E-state index contributed by atoms with van der Waals surface area (Å²) in [5, 5.41) is 11.7. The highest BCUT2D eigenvalue weighted by atomic mass is 16.5. The molecule has 134 valence electrons. The number of aromatic nitrogens is 3. The van der Waals surface area contributed by atoms with Crippen LogP contribution in [0.2, 0.25) is 0 Å². The van der Waals surface area contributed by atoms with Crippen LogP contribution in [0, 0.1) is 12.8 Å². The summed E-state index contributed by atoms with van der Waals surface area (Å²) >= 11 is 0. The normalized spacial score (nSPS) is 20.4. The van der Waals surface area contributed by atoms with Crippen molar-refractivity contribution in [2.75, 3.05) is 13.1 Å². The second-order valence-corrected chi connectivity index (χ2v) is 7.31. The highest BCUT2D eigenvalue weighted by molar-refractivity contribution is 5.76. The predicted molar refractivity (Wildman–Crippen MR) is 91.6 cm³/mol. The molecule has 7 heteroatoms. The molecule has 1 N–H and O–H groups in total. The number of aryl methyl sites for hydroxylation is 1. The molecule has 2 aromatic heterocycles. The Morgan fingerprint density at radius 3 is 3.08 bits per heavy atom. The first kappa shape index (κ1) is 16.3. The average Bonchev–Trinajstić information content (AvgIpc) is 3.09. The van der Waals surface area contributed by atoms with Gasteiger partial charge in [-0.15, -0.1) is 0 Å². The van der Waals surface area contributed by atoms with Crippen LogP contribution in [0.4, 0.5) is 0 Å². The number of hydrogen-bond acceptors (Lipinski definition) is 5. The van der Waals surface area contributed by atoms with E-state index in [9.17, 15) is 4.79 Å². The van der Waals surface area contributed by atoms with Gasteiger partial charge in [0.2, 0.25) is 5.91 Å². The summed E-state index contributed by atoms with van der Waals surface area (Å²) in [5.41, 5.74) is 2.17. The topological polar surface area (TPSA) is 76.2 Å². The first-order chi connectivity index (χ1) is 12.2. The third-order valence-electron chi connectivity index (χ3n) is 4.99. The average molecular weight is 343 g/mol. The van der Waals surface area contributed by atoms with Gasteiger partial charge in [0.25, 0.3) is 0 Å². The van der Waals surface area contributed by atoms with Crippen molar-refractivity contribution >= 4 is 5.91 Å². The van der Waals surface area contributed by atoms with E-state index in [1.165, 1.54) is 18.5 Å². The maximum Gasteiger partial charge on any atom is 0.220 e. The molecule has 4 rings (SSSR count). The molecular formula is C18H25N5O2. The first-order valence-corrected chi connectivity index (χ1v) is 9.11. The lowest BCUT2D eigenvalue weighted by molar-refractivity contribution is -0.121. The zero-order chi connectivity index (χ0) is 17.2. The summed E-state index contributed by atoms with van der Waals surface area (Å²) in [6.07, 6.45) is 5.86. The summed E-state index contributed by atoms with van der Waals surface area (Å²) in [5.74, 6) is 1.66. The molecule has 1 amide bonds. The SMILES string of the molecule is Cc1cc(CN2Cc3ccnn3[C@H](CCNC(=O)CC3CC3)C2)no1. The molecule has 25 heavy (non-hydrogen) atoms. The fourth-order valence-electron chi connectivity index (χ4n) is 3.55. The number of carbonyl (C=O) groups is 1. The summed E-state index contributed by atoms with van der Waals surface area (Å²) in [6, 6.07) is 4.32. The van der Waals surface area contributed by atoms with Crippen molar-refractivity contribution in [2.24, 2.45) is 5.92 Å². The number of amides is 1. The van der Waals surface area contributed by atoms with Gasteiger partial charge in [-0.2, -0.15) is 5.10 Å². The molecule has 7 nitrogen and oxygen atoms in total. The number of hydrogen-bond donors (Lipinski definition) is 1. The maximum atomic E-state index is 11.9. The molecule has 3 heterocycles. The quantitative estimate of drug-likeness (QED) is 0.832. The summed E-state index contributed by atoms with van der Waals surface area (Å²) in [4.78, 5) is 14.2. The maximum absolute atomic E-state index is 11.9. The van der Waals surface area contributed by atoms with Crippen LogP contribution in [-0.4, -0.2) is 38.8 Å². The van der Waals surface area contributed by atoms with Crippen LogP contribution in [0.15, 0.2) is 22.9 Å². The molecular weight excluding hydrogens is 318 g/mol. The summed E-state index contributed by atoms with van der Waals surface area (Å²) < 4.78 is 7.28. The fourth-order valence-corrected chi connectivity index (χ4v) is 3.55. The minimum Gasteiger partial charge on any atom is -0.361 e. The molecule has 0 saturated heterocycles. The Kier molecular flexibility index (Phi) is 4.57. The Labute approximate surface area is 147 Å². The Morgan fingerprint density at radius 2 is 2.32 bits per heavy atom. The lowest BCUT2D eigenvalue weighted by Gasteiger charge is -2.33. The van der Waals surface area contributed by atoms with Gasteiger partial charge in [0.1, 0.15) is 5.76 Å². The van der Waals surface area contributed by atoms with E-state index >= 15 is 0 Å². The van der Waals surface area contributed by atoms with Crippen molar-refractivity contribution in [3.05, 3.63) is 35.5 Å². The molecule has 0 radical (unpaired) electrons. The van der Waals surface area contributed by atoms with Gasteiger partial charge in [-0.25, -0.2) is 0 Å². The summed E-state index contributed by atoms with van der Waals surface area (Å²) in [6.45, 7) is 5.14. The van der Waals surface area contributed by atoms with E-state index in [4.69, 9.17) is 4.52 Å². The highest BCUT2D eigenvalue weighted by Gasteiger charge is 2.27. The van der Waals surface area contributed by atoms with E-state index in [0.29, 0.717) is 18.9 Å². The van der Waals surface area contributed by atoms with Crippen LogP contribution >= 0.6 is 0 Å². The minimum absolute atomic E-state index is 0.189. The molecule has 1 fully saturated rings.